The van der Waals surface area contributed by atoms with Gasteiger partial charge in [-0.15, -0.1) is 0 Å². The molecule has 2 amide bonds. The van der Waals surface area contributed by atoms with Gasteiger partial charge in [0.2, 0.25) is 5.91 Å². The summed E-state index contributed by atoms with van der Waals surface area (Å²) in [4.78, 5) is 24.1. The predicted molar refractivity (Wildman–Crippen MR) is 105 cm³/mol. The van der Waals surface area contributed by atoms with Crippen LogP contribution in [0.1, 0.15) is 26.2 Å². The molecule has 0 radical (unpaired) electrons. The first kappa shape index (κ1) is 24.5. The van der Waals surface area contributed by atoms with Crippen molar-refractivity contribution < 1.29 is 33.3 Å². The fraction of sp³-hybridized carbons (Fsp3) is 0.800. The van der Waals surface area contributed by atoms with Crippen LogP contribution < -0.4 is 21.7 Å². The lowest BCUT2D eigenvalue weighted by Gasteiger charge is -2.42. The van der Waals surface area contributed by atoms with Gasteiger partial charge in [-0.2, -0.15) is 0 Å². The van der Waals surface area contributed by atoms with Crippen molar-refractivity contribution in [1.29, 1.82) is 0 Å². The number of aliphatic hydroxyl groups excluding tert-OH is 2. The number of aliphatic hydroxyl groups is 3. The number of thiocarbonyl (C=S) groups is 1. The number of hydrogen-bond donors (Lipinski definition) is 7. The van der Waals surface area contributed by atoms with Gasteiger partial charge in [0.25, 0.3) is 5.91 Å². The lowest BCUT2D eigenvalue weighted by atomic mass is 9.77. The van der Waals surface area contributed by atoms with Crippen LogP contribution in [0.5, 0.6) is 0 Å². The number of carbonyl (C=O) groups excluding carboxylic acids is 2. The number of hydrogen-bond acceptors (Lipinski definition) is 8. The number of rotatable bonds is 8. The second-order valence-electron chi connectivity index (χ2n) is 6.96. The van der Waals surface area contributed by atoms with Crippen LogP contribution in [0.25, 0.3) is 0 Å². The van der Waals surface area contributed by atoms with E-state index in [0.717, 1.165) is 6.26 Å². The summed E-state index contributed by atoms with van der Waals surface area (Å²) in [6, 6.07) is -2.25. The molecule has 11 nitrogen and oxygen atoms in total. The first-order valence-corrected chi connectivity index (χ1v) is 11.2. The Bertz CT molecular complexity index is 703. The number of primary amides is 1. The molecular weight excluding hydrogens is 412 g/mol. The number of carbonyl (C=O) groups is 2. The van der Waals surface area contributed by atoms with Crippen molar-refractivity contribution in [3.05, 3.63) is 0 Å². The predicted octanol–water partition coefficient (Wildman–Crippen LogP) is -3.51. The zero-order valence-corrected chi connectivity index (χ0v) is 17.3. The van der Waals surface area contributed by atoms with Crippen molar-refractivity contribution in [2.24, 2.45) is 5.73 Å². The minimum atomic E-state index is -3.40. The van der Waals surface area contributed by atoms with E-state index in [-0.39, 0.29) is 23.7 Å². The highest BCUT2D eigenvalue weighted by Crippen LogP contribution is 2.30. The van der Waals surface area contributed by atoms with Gasteiger partial charge in [-0.25, -0.2) is 8.42 Å². The van der Waals surface area contributed by atoms with Gasteiger partial charge in [-0.05, 0) is 25.6 Å². The van der Waals surface area contributed by atoms with Crippen LogP contribution in [-0.2, 0) is 19.4 Å². The van der Waals surface area contributed by atoms with Crippen molar-refractivity contribution in [1.82, 2.24) is 16.0 Å². The van der Waals surface area contributed by atoms with Crippen LogP contribution in [0.15, 0.2) is 0 Å². The van der Waals surface area contributed by atoms with Crippen molar-refractivity contribution in [2.45, 2.75) is 56.1 Å². The van der Waals surface area contributed by atoms with Gasteiger partial charge in [0.15, 0.2) is 5.11 Å². The zero-order valence-electron chi connectivity index (χ0n) is 15.7. The van der Waals surface area contributed by atoms with E-state index in [0.29, 0.717) is 6.54 Å². The smallest absolute Gasteiger partial charge is 0.252 e. The van der Waals surface area contributed by atoms with Crippen LogP contribution in [0.4, 0.5) is 0 Å². The largest absolute Gasteiger partial charge is 0.390 e. The third kappa shape index (κ3) is 7.13. The Labute approximate surface area is 169 Å². The molecule has 162 valence electrons. The summed E-state index contributed by atoms with van der Waals surface area (Å²) in [5.41, 5.74) is 3.08. The molecule has 8 N–H and O–H groups in total. The van der Waals surface area contributed by atoms with E-state index < -0.39 is 58.0 Å². The van der Waals surface area contributed by atoms with Gasteiger partial charge in [-0.1, -0.05) is 0 Å². The van der Waals surface area contributed by atoms with Gasteiger partial charge in [0.05, 0.1) is 17.9 Å². The number of nitrogens with two attached hydrogens (primary N) is 1. The molecule has 0 aliphatic heterocycles. The molecule has 1 aliphatic carbocycles. The van der Waals surface area contributed by atoms with Crippen molar-refractivity contribution in [3.8, 4) is 0 Å². The minimum absolute atomic E-state index is 0.173. The molecule has 1 aliphatic rings. The number of amides is 2. The Morgan fingerprint density at radius 2 is 1.93 bits per heavy atom. The van der Waals surface area contributed by atoms with Crippen molar-refractivity contribution in [2.75, 3.05) is 18.6 Å². The molecule has 1 saturated carbocycles. The van der Waals surface area contributed by atoms with E-state index in [1.165, 1.54) is 0 Å². The lowest BCUT2D eigenvalue weighted by Crippen LogP contribution is -2.64. The highest BCUT2D eigenvalue weighted by Gasteiger charge is 2.49. The van der Waals surface area contributed by atoms with Crippen LogP contribution in [0.2, 0.25) is 0 Å². The molecule has 0 aromatic carbocycles. The SMILES string of the molecule is CCNC(=S)NC1CC(O)(C(=O)NC(CCS(C)(=O)=O)C(N)=O)CC(O)C1O. The van der Waals surface area contributed by atoms with Crippen LogP contribution >= 0.6 is 12.2 Å². The van der Waals surface area contributed by atoms with Crippen molar-refractivity contribution in [3.63, 3.8) is 0 Å². The van der Waals surface area contributed by atoms with Crippen LogP contribution in [-0.4, -0.2) is 89.1 Å². The average Bonchev–Trinajstić information content (AvgIpc) is 2.54. The summed E-state index contributed by atoms with van der Waals surface area (Å²) in [6.45, 7) is 2.30. The Balaban J connectivity index is 2.90. The Morgan fingerprint density at radius 3 is 2.43 bits per heavy atom. The summed E-state index contributed by atoms with van der Waals surface area (Å²) in [5.74, 6) is -2.35. The highest BCUT2D eigenvalue weighted by atomic mass is 32.2. The van der Waals surface area contributed by atoms with Gasteiger partial charge < -0.3 is 37.0 Å². The maximum atomic E-state index is 12.6. The topological polar surface area (TPSA) is 191 Å². The standard InChI is InChI=1S/C15H28N4O7S2/c1-3-17-14(27)19-9-6-15(24,7-10(20)11(9)21)13(23)18-8(12(16)22)4-5-28(2,25)26/h8-11,20-21,24H,3-7H2,1-2H3,(H2,16,22)(H,18,23)(H2,17,19,27). The Hall–Kier alpha value is -1.54. The van der Waals surface area contributed by atoms with E-state index in [1.807, 2.05) is 0 Å². The minimum Gasteiger partial charge on any atom is -0.390 e. The molecule has 5 unspecified atom stereocenters. The third-order valence-electron chi connectivity index (χ3n) is 4.41. The quantitative estimate of drug-likeness (QED) is 0.186. The normalized spacial score (nSPS) is 28.8. The molecule has 13 heteroatoms. The molecule has 0 spiro atoms. The van der Waals surface area contributed by atoms with E-state index in [4.69, 9.17) is 18.0 Å². The van der Waals surface area contributed by atoms with E-state index in [2.05, 4.69) is 16.0 Å². The molecule has 0 aromatic heterocycles. The summed E-state index contributed by atoms with van der Waals surface area (Å²) in [6.07, 6.45) is -2.80. The molecule has 1 rings (SSSR count). The summed E-state index contributed by atoms with van der Waals surface area (Å²) < 4.78 is 22.6. The Kier molecular flexibility index (Phi) is 8.56. The van der Waals surface area contributed by atoms with Crippen LogP contribution in [0, 0.1) is 0 Å². The summed E-state index contributed by atoms with van der Waals surface area (Å²) in [5, 5.41) is 38.9. The summed E-state index contributed by atoms with van der Waals surface area (Å²) in [7, 11) is -3.40. The molecular formula is C15H28N4O7S2. The highest BCUT2D eigenvalue weighted by molar-refractivity contribution is 7.90. The first-order chi connectivity index (χ1) is 12.8. The van der Waals surface area contributed by atoms with E-state index >= 15 is 0 Å². The molecule has 5 atom stereocenters. The van der Waals surface area contributed by atoms with Gasteiger partial charge in [0, 0.05) is 25.6 Å². The molecule has 1 fully saturated rings. The van der Waals surface area contributed by atoms with Gasteiger partial charge in [-0.3, -0.25) is 9.59 Å². The van der Waals surface area contributed by atoms with E-state index in [9.17, 15) is 33.3 Å². The number of nitrogens with one attached hydrogen (secondary N) is 3. The van der Waals surface area contributed by atoms with Crippen LogP contribution in [0.3, 0.4) is 0 Å². The molecule has 0 aromatic rings. The second kappa shape index (κ2) is 9.78. The maximum absolute atomic E-state index is 12.6. The van der Waals surface area contributed by atoms with Gasteiger partial charge in [0.1, 0.15) is 27.6 Å². The first-order valence-electron chi connectivity index (χ1n) is 8.70. The third-order valence-corrected chi connectivity index (χ3v) is 5.65. The lowest BCUT2D eigenvalue weighted by molar-refractivity contribution is -0.158. The monoisotopic (exact) mass is 440 g/mol. The fourth-order valence-electron chi connectivity index (χ4n) is 2.91. The number of sulfone groups is 1. The molecule has 28 heavy (non-hydrogen) atoms. The zero-order chi connectivity index (χ0) is 21.7. The second-order valence-corrected chi connectivity index (χ2v) is 9.62. The molecule has 0 bridgehead atoms. The van der Waals surface area contributed by atoms with Crippen molar-refractivity contribution >= 4 is 39.0 Å². The Morgan fingerprint density at radius 1 is 1.32 bits per heavy atom. The van der Waals surface area contributed by atoms with E-state index in [1.54, 1.807) is 6.92 Å². The average molecular weight is 441 g/mol. The molecule has 0 saturated heterocycles. The molecule has 0 heterocycles. The fourth-order valence-corrected chi connectivity index (χ4v) is 3.87. The van der Waals surface area contributed by atoms with Gasteiger partial charge >= 0.3 is 0 Å². The summed E-state index contributed by atoms with van der Waals surface area (Å²) >= 11 is 5.02. The maximum Gasteiger partial charge on any atom is 0.252 e.